The Morgan fingerprint density at radius 3 is 2.56 bits per heavy atom. The maximum atomic E-state index is 13.5. The van der Waals surface area contributed by atoms with Gasteiger partial charge in [-0.1, -0.05) is 38.8 Å². The molecule has 1 fully saturated rings. The molecule has 0 spiro atoms. The first kappa shape index (κ1) is 26.7. The van der Waals surface area contributed by atoms with E-state index in [-0.39, 0.29) is 29.8 Å². The number of fused-ring (bicyclic) bond motifs is 1. The highest BCUT2D eigenvalue weighted by Gasteiger charge is 2.35. The zero-order valence-electron chi connectivity index (χ0n) is 22.2. The van der Waals surface area contributed by atoms with Gasteiger partial charge in [0.2, 0.25) is 11.8 Å². The number of thiophene rings is 1. The number of hydrogen-bond acceptors (Lipinski definition) is 5. The molecule has 2 amide bonds. The van der Waals surface area contributed by atoms with E-state index in [4.69, 9.17) is 4.74 Å². The molecule has 0 aliphatic carbocycles. The highest BCUT2D eigenvalue weighted by molar-refractivity contribution is 7.10. The maximum absolute atomic E-state index is 13.5. The van der Waals surface area contributed by atoms with Crippen LogP contribution in [0.4, 0.5) is 0 Å². The van der Waals surface area contributed by atoms with Gasteiger partial charge in [-0.2, -0.15) is 0 Å². The van der Waals surface area contributed by atoms with E-state index in [0.29, 0.717) is 26.2 Å². The maximum Gasteiger partial charge on any atom is 0.236 e. The molecule has 0 unspecified atom stereocenters. The van der Waals surface area contributed by atoms with E-state index in [1.807, 2.05) is 33.3 Å². The van der Waals surface area contributed by atoms with Crippen molar-refractivity contribution in [3.63, 3.8) is 0 Å². The number of amides is 2. The van der Waals surface area contributed by atoms with Crippen molar-refractivity contribution in [1.82, 2.24) is 14.7 Å². The largest absolute Gasteiger partial charge is 0.497 e. The van der Waals surface area contributed by atoms with Crippen LogP contribution in [0.1, 0.15) is 68.5 Å². The molecule has 4 rings (SSSR count). The number of piperazine rings is 1. The zero-order chi connectivity index (χ0) is 25.7. The summed E-state index contributed by atoms with van der Waals surface area (Å²) in [7, 11) is 1.68. The number of ether oxygens (including phenoxy) is 1. The fourth-order valence-electron chi connectivity index (χ4n) is 5.69. The number of hydrogen-bond donors (Lipinski definition) is 0. The van der Waals surface area contributed by atoms with Crippen LogP contribution in [-0.2, 0) is 16.0 Å². The Labute approximate surface area is 220 Å². The molecule has 7 heteroatoms. The van der Waals surface area contributed by atoms with Crippen LogP contribution in [0.3, 0.4) is 0 Å². The summed E-state index contributed by atoms with van der Waals surface area (Å²) >= 11 is 1.81. The predicted molar refractivity (Wildman–Crippen MR) is 145 cm³/mol. The van der Waals surface area contributed by atoms with Gasteiger partial charge < -0.3 is 14.5 Å². The van der Waals surface area contributed by atoms with Gasteiger partial charge in [0.15, 0.2) is 0 Å². The number of rotatable bonds is 9. The van der Waals surface area contributed by atoms with Crippen LogP contribution in [0.25, 0.3) is 0 Å². The molecule has 1 aromatic carbocycles. The minimum absolute atomic E-state index is 0.0492. The summed E-state index contributed by atoms with van der Waals surface area (Å²) in [5, 5.41) is 2.16. The number of benzene rings is 1. The third kappa shape index (κ3) is 5.78. The molecule has 0 bridgehead atoms. The lowest BCUT2D eigenvalue weighted by Gasteiger charge is -2.42. The molecular formula is C29H41N3O3S. The Hall–Kier alpha value is -2.38. The normalized spacial score (nSPS) is 21.2. The van der Waals surface area contributed by atoms with Crippen LogP contribution >= 0.6 is 11.3 Å². The second-order valence-corrected chi connectivity index (χ2v) is 11.2. The van der Waals surface area contributed by atoms with Crippen LogP contribution in [0, 0.1) is 5.92 Å². The predicted octanol–water partition coefficient (Wildman–Crippen LogP) is 4.98. The Bertz CT molecular complexity index is 1020. The second kappa shape index (κ2) is 12.2. The Kier molecular flexibility index (Phi) is 9.07. The third-order valence-corrected chi connectivity index (χ3v) is 8.84. The van der Waals surface area contributed by atoms with E-state index in [9.17, 15) is 9.59 Å². The van der Waals surface area contributed by atoms with Crippen LogP contribution in [0.2, 0.25) is 0 Å². The summed E-state index contributed by atoms with van der Waals surface area (Å²) in [6.45, 7) is 9.47. The Morgan fingerprint density at radius 1 is 1.11 bits per heavy atom. The number of nitrogens with zero attached hydrogens (tertiary/aromatic N) is 3. The van der Waals surface area contributed by atoms with E-state index in [1.165, 1.54) is 16.0 Å². The molecule has 2 aromatic rings. The first-order valence-corrected chi connectivity index (χ1v) is 14.4. The van der Waals surface area contributed by atoms with Crippen molar-refractivity contribution in [2.24, 2.45) is 5.92 Å². The van der Waals surface area contributed by atoms with Crippen LogP contribution in [-0.4, -0.2) is 72.4 Å². The molecule has 0 N–H and O–H groups in total. The number of carbonyl (C=O) groups is 2. The molecule has 196 valence electrons. The van der Waals surface area contributed by atoms with Gasteiger partial charge in [0.05, 0.1) is 19.7 Å². The van der Waals surface area contributed by atoms with Gasteiger partial charge in [-0.25, -0.2) is 0 Å². The minimum atomic E-state index is 0.0492. The minimum Gasteiger partial charge on any atom is -0.497 e. The average molecular weight is 512 g/mol. The van der Waals surface area contributed by atoms with Gasteiger partial charge >= 0.3 is 0 Å². The van der Waals surface area contributed by atoms with Crippen LogP contribution < -0.4 is 4.74 Å². The van der Waals surface area contributed by atoms with Crippen molar-refractivity contribution in [3.05, 3.63) is 51.7 Å². The molecule has 3 atom stereocenters. The first-order valence-electron chi connectivity index (χ1n) is 13.5. The lowest BCUT2D eigenvalue weighted by atomic mass is 9.93. The molecule has 3 heterocycles. The van der Waals surface area contributed by atoms with Crippen molar-refractivity contribution in [3.8, 4) is 5.75 Å². The highest BCUT2D eigenvalue weighted by Crippen LogP contribution is 2.38. The van der Waals surface area contributed by atoms with Crippen molar-refractivity contribution in [1.29, 1.82) is 0 Å². The summed E-state index contributed by atoms with van der Waals surface area (Å²) in [5.74, 6) is 1.37. The second-order valence-electron chi connectivity index (χ2n) is 10.2. The summed E-state index contributed by atoms with van der Waals surface area (Å²) in [5.41, 5.74) is 2.50. The molecule has 2 aliphatic rings. The smallest absolute Gasteiger partial charge is 0.236 e. The lowest BCUT2D eigenvalue weighted by Crippen LogP contribution is -2.58. The number of unbranched alkanes of at least 4 members (excludes halogenated alkanes) is 1. The summed E-state index contributed by atoms with van der Waals surface area (Å²) in [4.78, 5) is 34.4. The SMILES string of the molecule is CCCC[C@H](CC)C(=O)N1CCN(C(=O)CN2CCc3sccc3[C@H]2c2ccc(OC)cc2)C[C@H]1C. The van der Waals surface area contributed by atoms with E-state index >= 15 is 0 Å². The Balaban J connectivity index is 1.43. The summed E-state index contributed by atoms with van der Waals surface area (Å²) < 4.78 is 5.36. The first-order chi connectivity index (χ1) is 17.5. The van der Waals surface area contributed by atoms with Crippen molar-refractivity contribution in [2.75, 3.05) is 39.8 Å². The zero-order valence-corrected chi connectivity index (χ0v) is 23.1. The van der Waals surface area contributed by atoms with Crippen molar-refractivity contribution >= 4 is 23.2 Å². The molecule has 0 saturated carbocycles. The highest BCUT2D eigenvalue weighted by atomic mass is 32.1. The third-order valence-electron chi connectivity index (χ3n) is 7.85. The molecule has 6 nitrogen and oxygen atoms in total. The van der Waals surface area contributed by atoms with Gasteiger partial charge in [-0.15, -0.1) is 11.3 Å². The summed E-state index contributed by atoms with van der Waals surface area (Å²) in [6.07, 6.45) is 5.03. The lowest BCUT2D eigenvalue weighted by molar-refractivity contribution is -0.146. The fourth-order valence-corrected chi connectivity index (χ4v) is 6.59. The van der Waals surface area contributed by atoms with Gasteiger partial charge in [-0.3, -0.25) is 14.5 Å². The van der Waals surface area contributed by atoms with Crippen LogP contribution in [0.15, 0.2) is 35.7 Å². The monoisotopic (exact) mass is 511 g/mol. The van der Waals surface area contributed by atoms with Crippen molar-refractivity contribution < 1.29 is 14.3 Å². The van der Waals surface area contributed by atoms with Gasteiger partial charge in [0.25, 0.3) is 0 Å². The number of carbonyl (C=O) groups excluding carboxylic acids is 2. The van der Waals surface area contributed by atoms with E-state index in [2.05, 4.69) is 49.3 Å². The quantitative estimate of drug-likeness (QED) is 0.477. The Morgan fingerprint density at radius 2 is 1.89 bits per heavy atom. The fraction of sp³-hybridized carbons (Fsp3) is 0.586. The van der Waals surface area contributed by atoms with E-state index in [1.54, 1.807) is 7.11 Å². The van der Waals surface area contributed by atoms with Crippen molar-refractivity contribution in [2.45, 2.75) is 65.0 Å². The van der Waals surface area contributed by atoms with E-state index in [0.717, 1.165) is 44.4 Å². The average Bonchev–Trinajstić information content (AvgIpc) is 3.38. The number of methoxy groups -OCH3 is 1. The molecular weight excluding hydrogens is 470 g/mol. The molecule has 1 aromatic heterocycles. The van der Waals surface area contributed by atoms with Gasteiger partial charge in [0.1, 0.15) is 5.75 Å². The standard InChI is InChI=1S/C29H41N3O3S/c1-5-7-8-22(6-2)29(34)32-17-16-30(19-21(32)3)27(33)20-31-15-13-26-25(14-18-36-26)28(31)23-9-11-24(35-4)12-10-23/h9-12,14,18,21-22,28H,5-8,13,15-17,19-20H2,1-4H3/t21-,22+,28-/m1/s1. The van der Waals surface area contributed by atoms with Crippen LogP contribution in [0.5, 0.6) is 5.75 Å². The topological polar surface area (TPSA) is 53.1 Å². The molecule has 36 heavy (non-hydrogen) atoms. The molecule has 0 radical (unpaired) electrons. The van der Waals surface area contributed by atoms with Gasteiger partial charge in [0, 0.05) is 43.0 Å². The molecule has 1 saturated heterocycles. The summed E-state index contributed by atoms with van der Waals surface area (Å²) in [6, 6.07) is 10.6. The molecule has 2 aliphatic heterocycles. The van der Waals surface area contributed by atoms with E-state index < -0.39 is 0 Å². The van der Waals surface area contributed by atoms with Gasteiger partial charge in [-0.05, 0) is 60.9 Å².